The predicted molar refractivity (Wildman–Crippen MR) is 69.7 cm³/mol. The van der Waals surface area contributed by atoms with E-state index in [9.17, 15) is 0 Å². The quantitative estimate of drug-likeness (QED) is 0.926. The van der Waals surface area contributed by atoms with Crippen LogP contribution in [0.25, 0.3) is 11.3 Å². The van der Waals surface area contributed by atoms with Gasteiger partial charge in [0.1, 0.15) is 12.4 Å². The highest BCUT2D eigenvalue weighted by Gasteiger charge is 2.09. The van der Waals surface area contributed by atoms with Gasteiger partial charge in [-0.1, -0.05) is 11.6 Å². The maximum atomic E-state index is 9.04. The van der Waals surface area contributed by atoms with Gasteiger partial charge in [0.15, 0.2) is 5.82 Å². The molecule has 0 spiro atoms. The SMILES string of the molecule is COc1cc(C)c(-c2ccnc(CO)n2)cc1Cl. The van der Waals surface area contributed by atoms with E-state index in [1.807, 2.05) is 13.0 Å². The van der Waals surface area contributed by atoms with E-state index in [-0.39, 0.29) is 6.61 Å². The Balaban J connectivity index is 2.53. The number of hydrogen-bond donors (Lipinski definition) is 1. The molecule has 1 aromatic carbocycles. The van der Waals surface area contributed by atoms with Gasteiger partial charge in [-0.2, -0.15) is 0 Å². The third kappa shape index (κ3) is 2.44. The van der Waals surface area contributed by atoms with Crippen molar-refractivity contribution in [2.75, 3.05) is 7.11 Å². The van der Waals surface area contributed by atoms with Crippen LogP contribution in [0.5, 0.6) is 5.75 Å². The fraction of sp³-hybridized carbons (Fsp3) is 0.231. The predicted octanol–water partition coefficient (Wildman–Crippen LogP) is 2.61. The van der Waals surface area contributed by atoms with Gasteiger partial charge in [0.2, 0.25) is 0 Å². The highest BCUT2D eigenvalue weighted by atomic mass is 35.5. The van der Waals surface area contributed by atoms with Crippen LogP contribution in [-0.2, 0) is 6.61 Å². The van der Waals surface area contributed by atoms with E-state index < -0.39 is 0 Å². The third-order valence-corrected chi connectivity index (χ3v) is 2.92. The molecule has 0 aliphatic carbocycles. The Bertz CT molecular complexity index is 573. The molecule has 1 N–H and O–H groups in total. The van der Waals surface area contributed by atoms with E-state index in [1.54, 1.807) is 25.4 Å². The minimum atomic E-state index is -0.184. The number of hydrogen-bond acceptors (Lipinski definition) is 4. The first kappa shape index (κ1) is 12.8. The van der Waals surface area contributed by atoms with Gasteiger partial charge in [-0.15, -0.1) is 0 Å². The Labute approximate surface area is 110 Å². The van der Waals surface area contributed by atoms with Crippen molar-refractivity contribution in [3.63, 3.8) is 0 Å². The minimum absolute atomic E-state index is 0.184. The first-order chi connectivity index (χ1) is 8.65. The van der Waals surface area contributed by atoms with E-state index in [1.165, 1.54) is 0 Å². The summed E-state index contributed by atoms with van der Waals surface area (Å²) >= 11 is 6.11. The molecule has 0 atom stereocenters. The molecular formula is C13H13ClN2O2. The lowest BCUT2D eigenvalue weighted by atomic mass is 10.1. The number of ether oxygens (including phenoxy) is 1. The molecule has 0 bridgehead atoms. The van der Waals surface area contributed by atoms with Crippen LogP contribution in [0.15, 0.2) is 24.4 Å². The molecule has 94 valence electrons. The second-order valence-electron chi connectivity index (χ2n) is 3.82. The number of aryl methyl sites for hydroxylation is 1. The van der Waals surface area contributed by atoms with Crippen LogP contribution in [0.3, 0.4) is 0 Å². The summed E-state index contributed by atoms with van der Waals surface area (Å²) in [5.74, 6) is 1.02. The Morgan fingerprint density at radius 1 is 1.39 bits per heavy atom. The smallest absolute Gasteiger partial charge is 0.154 e. The number of aliphatic hydroxyl groups excluding tert-OH is 1. The maximum absolute atomic E-state index is 9.04. The van der Waals surface area contributed by atoms with Crippen LogP contribution >= 0.6 is 11.6 Å². The number of rotatable bonds is 3. The summed E-state index contributed by atoms with van der Waals surface area (Å²) < 4.78 is 5.16. The summed E-state index contributed by atoms with van der Waals surface area (Å²) in [5, 5.41) is 9.57. The number of methoxy groups -OCH3 is 1. The summed E-state index contributed by atoms with van der Waals surface area (Å²) in [6.07, 6.45) is 1.62. The first-order valence-corrected chi connectivity index (χ1v) is 5.80. The van der Waals surface area contributed by atoms with Crippen LogP contribution in [0.1, 0.15) is 11.4 Å². The van der Waals surface area contributed by atoms with Gasteiger partial charge in [0.25, 0.3) is 0 Å². The van der Waals surface area contributed by atoms with Crippen molar-refractivity contribution >= 4 is 11.6 Å². The minimum Gasteiger partial charge on any atom is -0.495 e. The Kier molecular flexibility index (Phi) is 3.79. The maximum Gasteiger partial charge on any atom is 0.154 e. The summed E-state index contributed by atoms with van der Waals surface area (Å²) in [5.41, 5.74) is 2.63. The van der Waals surface area contributed by atoms with Crippen LogP contribution in [0.2, 0.25) is 5.02 Å². The molecule has 0 saturated carbocycles. The summed E-state index contributed by atoms with van der Waals surface area (Å²) in [6.45, 7) is 1.77. The Morgan fingerprint density at radius 3 is 2.83 bits per heavy atom. The van der Waals surface area contributed by atoms with Gasteiger partial charge in [0.05, 0.1) is 17.8 Å². The van der Waals surface area contributed by atoms with E-state index >= 15 is 0 Å². The molecule has 0 saturated heterocycles. The fourth-order valence-corrected chi connectivity index (χ4v) is 1.95. The normalized spacial score (nSPS) is 10.4. The molecule has 0 radical (unpaired) electrons. The second kappa shape index (κ2) is 5.33. The highest BCUT2D eigenvalue weighted by Crippen LogP contribution is 2.32. The first-order valence-electron chi connectivity index (χ1n) is 5.43. The number of aromatic nitrogens is 2. The summed E-state index contributed by atoms with van der Waals surface area (Å²) in [6, 6.07) is 5.45. The lowest BCUT2D eigenvalue weighted by molar-refractivity contribution is 0.271. The van der Waals surface area contributed by atoms with E-state index in [0.717, 1.165) is 16.8 Å². The standard InChI is InChI=1S/C13H13ClN2O2/c1-8-5-12(18-2)10(14)6-9(8)11-3-4-15-13(7-17)16-11/h3-6,17H,7H2,1-2H3. The van der Waals surface area contributed by atoms with Gasteiger partial charge in [0, 0.05) is 11.8 Å². The van der Waals surface area contributed by atoms with Crippen molar-refractivity contribution in [3.05, 3.63) is 40.8 Å². The van der Waals surface area contributed by atoms with Gasteiger partial charge in [-0.05, 0) is 30.7 Å². The van der Waals surface area contributed by atoms with Crippen molar-refractivity contribution in [3.8, 4) is 17.0 Å². The molecule has 18 heavy (non-hydrogen) atoms. The largest absolute Gasteiger partial charge is 0.495 e. The topological polar surface area (TPSA) is 55.2 Å². The fourth-order valence-electron chi connectivity index (χ4n) is 1.71. The third-order valence-electron chi connectivity index (χ3n) is 2.62. The lowest BCUT2D eigenvalue weighted by Gasteiger charge is -2.10. The zero-order chi connectivity index (χ0) is 13.1. The molecule has 2 aromatic rings. The van der Waals surface area contributed by atoms with Crippen LogP contribution in [0.4, 0.5) is 0 Å². The zero-order valence-corrected chi connectivity index (χ0v) is 10.9. The van der Waals surface area contributed by atoms with Crippen molar-refractivity contribution in [1.82, 2.24) is 9.97 Å². The highest BCUT2D eigenvalue weighted by molar-refractivity contribution is 6.32. The van der Waals surface area contributed by atoms with E-state index in [4.69, 9.17) is 21.4 Å². The second-order valence-corrected chi connectivity index (χ2v) is 4.23. The Hall–Kier alpha value is -1.65. The molecule has 0 aliphatic heterocycles. The van der Waals surface area contributed by atoms with Crippen molar-refractivity contribution < 1.29 is 9.84 Å². The molecular weight excluding hydrogens is 252 g/mol. The average molecular weight is 265 g/mol. The number of halogens is 1. The molecule has 5 heteroatoms. The van der Waals surface area contributed by atoms with Crippen LogP contribution in [-0.4, -0.2) is 22.2 Å². The summed E-state index contributed by atoms with van der Waals surface area (Å²) in [4.78, 5) is 8.21. The molecule has 2 rings (SSSR count). The van der Waals surface area contributed by atoms with Crippen molar-refractivity contribution in [2.45, 2.75) is 13.5 Å². The number of benzene rings is 1. The van der Waals surface area contributed by atoms with Gasteiger partial charge < -0.3 is 9.84 Å². The molecule has 1 aromatic heterocycles. The lowest BCUT2D eigenvalue weighted by Crippen LogP contribution is -1.97. The molecule has 0 unspecified atom stereocenters. The summed E-state index contributed by atoms with van der Waals surface area (Å²) in [7, 11) is 1.58. The Morgan fingerprint density at radius 2 is 2.17 bits per heavy atom. The van der Waals surface area contributed by atoms with Gasteiger partial charge in [-0.25, -0.2) is 9.97 Å². The van der Waals surface area contributed by atoms with Crippen LogP contribution in [0, 0.1) is 6.92 Å². The van der Waals surface area contributed by atoms with Crippen molar-refractivity contribution in [2.24, 2.45) is 0 Å². The number of nitrogens with zero attached hydrogens (tertiary/aromatic N) is 2. The van der Waals surface area contributed by atoms with E-state index in [2.05, 4.69) is 9.97 Å². The number of aliphatic hydroxyl groups is 1. The van der Waals surface area contributed by atoms with Gasteiger partial charge in [-0.3, -0.25) is 0 Å². The van der Waals surface area contributed by atoms with Crippen molar-refractivity contribution in [1.29, 1.82) is 0 Å². The average Bonchev–Trinajstić information content (AvgIpc) is 2.41. The molecule has 0 aliphatic rings. The molecule has 1 heterocycles. The molecule has 0 fully saturated rings. The van der Waals surface area contributed by atoms with E-state index in [0.29, 0.717) is 16.6 Å². The zero-order valence-electron chi connectivity index (χ0n) is 10.1. The molecule has 0 amide bonds. The monoisotopic (exact) mass is 264 g/mol. The van der Waals surface area contributed by atoms with Gasteiger partial charge >= 0.3 is 0 Å². The van der Waals surface area contributed by atoms with Crippen LogP contribution < -0.4 is 4.74 Å². The molecule has 4 nitrogen and oxygen atoms in total.